The molecule has 3 nitrogen and oxygen atoms in total. The van der Waals surface area contributed by atoms with Crippen LogP contribution in [0.1, 0.15) is 56.8 Å². The van der Waals surface area contributed by atoms with Crippen LogP contribution in [0.15, 0.2) is 6.20 Å². The molecule has 0 atom stereocenters. The molecule has 0 aliphatic heterocycles. The monoisotopic (exact) mass is 235 g/mol. The maximum absolute atomic E-state index is 4.57. The van der Waals surface area contributed by atoms with Crippen molar-refractivity contribution in [1.29, 1.82) is 0 Å². The van der Waals surface area contributed by atoms with Crippen LogP contribution in [0.2, 0.25) is 0 Å². The van der Waals surface area contributed by atoms with Crippen molar-refractivity contribution in [3.8, 4) is 0 Å². The van der Waals surface area contributed by atoms with Crippen LogP contribution in [0, 0.1) is 12.8 Å². The Morgan fingerprint density at radius 2 is 2.12 bits per heavy atom. The van der Waals surface area contributed by atoms with Crippen LogP contribution in [0.4, 0.5) is 0 Å². The van der Waals surface area contributed by atoms with Crippen molar-refractivity contribution in [1.82, 2.24) is 15.1 Å². The third kappa shape index (κ3) is 3.09. The third-order valence-electron chi connectivity index (χ3n) is 3.68. The summed E-state index contributed by atoms with van der Waals surface area (Å²) in [6.45, 7) is 8.71. The Morgan fingerprint density at radius 3 is 2.76 bits per heavy atom. The lowest BCUT2D eigenvalue weighted by Gasteiger charge is -2.13. The fraction of sp³-hybridized carbons (Fsp3) is 0.786. The number of nitrogens with one attached hydrogen (secondary N) is 1. The van der Waals surface area contributed by atoms with Gasteiger partial charge in [-0.2, -0.15) is 5.10 Å². The fourth-order valence-electron chi connectivity index (χ4n) is 2.65. The molecule has 0 radical (unpaired) electrons. The van der Waals surface area contributed by atoms with E-state index in [4.69, 9.17) is 0 Å². The minimum absolute atomic E-state index is 0.661. The van der Waals surface area contributed by atoms with Crippen LogP contribution in [-0.2, 0) is 6.54 Å². The van der Waals surface area contributed by atoms with Gasteiger partial charge in [0.25, 0.3) is 0 Å². The Labute approximate surface area is 105 Å². The molecule has 0 amide bonds. The lowest BCUT2D eigenvalue weighted by Crippen LogP contribution is -2.19. The van der Waals surface area contributed by atoms with E-state index in [1.165, 1.54) is 36.9 Å². The van der Waals surface area contributed by atoms with Crippen LogP contribution in [-0.4, -0.2) is 16.3 Å². The highest BCUT2D eigenvalue weighted by Gasteiger charge is 2.19. The van der Waals surface area contributed by atoms with Crippen molar-refractivity contribution in [2.24, 2.45) is 5.92 Å². The number of rotatable bonds is 5. The first-order valence-electron chi connectivity index (χ1n) is 6.92. The van der Waals surface area contributed by atoms with Gasteiger partial charge in [-0.3, -0.25) is 4.68 Å². The van der Waals surface area contributed by atoms with Crippen molar-refractivity contribution >= 4 is 0 Å². The number of hydrogen-bond acceptors (Lipinski definition) is 2. The van der Waals surface area contributed by atoms with E-state index in [9.17, 15) is 0 Å². The van der Waals surface area contributed by atoms with Gasteiger partial charge in [-0.25, -0.2) is 0 Å². The molecule has 0 spiro atoms. The molecule has 1 saturated carbocycles. The first-order chi connectivity index (χ1) is 8.18. The molecule has 1 aliphatic rings. The van der Waals surface area contributed by atoms with Crippen molar-refractivity contribution in [2.75, 3.05) is 6.54 Å². The van der Waals surface area contributed by atoms with Crippen LogP contribution in [0.3, 0.4) is 0 Å². The smallest absolute Gasteiger partial charge is 0.0537 e. The Hall–Kier alpha value is -0.830. The quantitative estimate of drug-likeness (QED) is 0.850. The van der Waals surface area contributed by atoms with Crippen LogP contribution >= 0.6 is 0 Å². The van der Waals surface area contributed by atoms with Crippen LogP contribution in [0.25, 0.3) is 0 Å². The average molecular weight is 235 g/mol. The first kappa shape index (κ1) is 12.6. The van der Waals surface area contributed by atoms with Gasteiger partial charge in [0.05, 0.1) is 12.2 Å². The van der Waals surface area contributed by atoms with Gasteiger partial charge in [0, 0.05) is 17.8 Å². The number of aromatic nitrogens is 2. The maximum Gasteiger partial charge on any atom is 0.0537 e. The second-order valence-electron chi connectivity index (χ2n) is 5.66. The van der Waals surface area contributed by atoms with E-state index in [1.54, 1.807) is 0 Å². The Morgan fingerprint density at radius 1 is 1.41 bits per heavy atom. The summed E-state index contributed by atoms with van der Waals surface area (Å²) in [7, 11) is 0. The fourth-order valence-corrected chi connectivity index (χ4v) is 2.65. The minimum atomic E-state index is 0.661. The minimum Gasteiger partial charge on any atom is -0.312 e. The molecule has 0 saturated heterocycles. The molecule has 1 aromatic rings. The second kappa shape index (κ2) is 5.67. The zero-order valence-corrected chi connectivity index (χ0v) is 11.4. The van der Waals surface area contributed by atoms with E-state index < -0.39 is 0 Å². The Bertz CT molecular complexity index is 348. The highest BCUT2D eigenvalue weighted by Crippen LogP contribution is 2.30. The molecule has 0 aromatic carbocycles. The predicted molar refractivity (Wildman–Crippen MR) is 71.0 cm³/mol. The molecule has 0 unspecified atom stereocenters. The van der Waals surface area contributed by atoms with Gasteiger partial charge in [0.15, 0.2) is 0 Å². The summed E-state index contributed by atoms with van der Waals surface area (Å²) in [5, 5.41) is 8.06. The van der Waals surface area contributed by atoms with Crippen LogP contribution < -0.4 is 5.32 Å². The lowest BCUT2D eigenvalue weighted by molar-refractivity contribution is 0.455. The molecule has 1 aromatic heterocycles. The molecular formula is C14H25N3. The van der Waals surface area contributed by atoms with E-state index in [1.807, 2.05) is 6.20 Å². The summed E-state index contributed by atoms with van der Waals surface area (Å²) in [6, 6.07) is 0.661. The van der Waals surface area contributed by atoms with Gasteiger partial charge in [0.1, 0.15) is 0 Å². The molecule has 96 valence electrons. The average Bonchev–Trinajstić information content (AvgIpc) is 2.88. The first-order valence-corrected chi connectivity index (χ1v) is 6.92. The highest BCUT2D eigenvalue weighted by atomic mass is 15.3. The van der Waals surface area contributed by atoms with Gasteiger partial charge in [-0.1, -0.05) is 26.7 Å². The number of nitrogens with zero attached hydrogens (tertiary/aromatic N) is 2. The molecule has 2 rings (SSSR count). The van der Waals surface area contributed by atoms with E-state index in [0.717, 1.165) is 13.1 Å². The normalized spacial score (nSPS) is 17.2. The lowest BCUT2D eigenvalue weighted by atomic mass is 10.2. The van der Waals surface area contributed by atoms with Gasteiger partial charge in [0.2, 0.25) is 0 Å². The molecule has 1 aliphatic carbocycles. The standard InChI is InChI=1S/C14H25N3/c1-11(2)8-15-9-13-10-16-17(12(13)3)14-6-4-5-7-14/h10-11,14-15H,4-9H2,1-3H3. The second-order valence-corrected chi connectivity index (χ2v) is 5.66. The molecule has 17 heavy (non-hydrogen) atoms. The maximum atomic E-state index is 4.57. The van der Waals surface area contributed by atoms with Gasteiger partial charge in [-0.15, -0.1) is 0 Å². The van der Waals surface area contributed by atoms with Gasteiger partial charge < -0.3 is 5.32 Å². The molecule has 1 heterocycles. The molecule has 1 N–H and O–H groups in total. The van der Waals surface area contributed by atoms with Crippen molar-refractivity contribution in [3.63, 3.8) is 0 Å². The summed E-state index contributed by atoms with van der Waals surface area (Å²) >= 11 is 0. The summed E-state index contributed by atoms with van der Waals surface area (Å²) in [5.41, 5.74) is 2.71. The molecular weight excluding hydrogens is 210 g/mol. The van der Waals surface area contributed by atoms with Crippen molar-refractivity contribution in [2.45, 2.75) is 59.0 Å². The molecule has 0 bridgehead atoms. The highest BCUT2D eigenvalue weighted by molar-refractivity contribution is 5.16. The summed E-state index contributed by atoms with van der Waals surface area (Å²) < 4.78 is 2.25. The summed E-state index contributed by atoms with van der Waals surface area (Å²) in [6.07, 6.45) is 7.39. The van der Waals surface area contributed by atoms with Crippen molar-refractivity contribution in [3.05, 3.63) is 17.5 Å². The molecule has 3 heteroatoms. The predicted octanol–water partition coefficient (Wildman–Crippen LogP) is 3.05. The Balaban J connectivity index is 1.94. The molecule has 1 fully saturated rings. The third-order valence-corrected chi connectivity index (χ3v) is 3.68. The van der Waals surface area contributed by atoms with Gasteiger partial charge in [-0.05, 0) is 32.2 Å². The summed E-state index contributed by atoms with van der Waals surface area (Å²) in [5.74, 6) is 0.709. The van der Waals surface area contributed by atoms with E-state index in [-0.39, 0.29) is 0 Å². The number of hydrogen-bond donors (Lipinski definition) is 1. The van der Waals surface area contributed by atoms with Gasteiger partial charge >= 0.3 is 0 Å². The van der Waals surface area contributed by atoms with Crippen LogP contribution in [0.5, 0.6) is 0 Å². The summed E-state index contributed by atoms with van der Waals surface area (Å²) in [4.78, 5) is 0. The van der Waals surface area contributed by atoms with Crippen molar-refractivity contribution < 1.29 is 0 Å². The van der Waals surface area contributed by atoms with E-state index in [0.29, 0.717) is 12.0 Å². The zero-order valence-electron chi connectivity index (χ0n) is 11.4. The topological polar surface area (TPSA) is 29.9 Å². The van der Waals surface area contributed by atoms with E-state index >= 15 is 0 Å². The zero-order chi connectivity index (χ0) is 12.3. The Kier molecular flexibility index (Phi) is 4.21. The van der Waals surface area contributed by atoms with E-state index in [2.05, 4.69) is 35.9 Å². The largest absolute Gasteiger partial charge is 0.312 e. The SMILES string of the molecule is Cc1c(CNCC(C)C)cnn1C1CCCC1.